The standard InChI is InChI=1S/C19H16N4O2/c1-20-17-15-18(23-19(24)22-17)25-16(13-10-6-3-7-11-13)14(21-15)12-8-4-2-5-9-12/h2-11,16H,1H3,(H2,20,22,23,24). The third-order valence-electron chi connectivity index (χ3n) is 4.01. The van der Waals surface area contributed by atoms with Gasteiger partial charge in [0.1, 0.15) is 5.82 Å². The summed E-state index contributed by atoms with van der Waals surface area (Å²) in [7, 11) is 1.71. The summed E-state index contributed by atoms with van der Waals surface area (Å²) < 4.78 is 6.11. The molecule has 2 N–H and O–H groups in total. The van der Waals surface area contributed by atoms with Crippen molar-refractivity contribution in [1.29, 1.82) is 0 Å². The fraction of sp³-hybridized carbons (Fsp3) is 0.105. The van der Waals surface area contributed by atoms with E-state index in [1.807, 2.05) is 60.7 Å². The van der Waals surface area contributed by atoms with Crippen molar-refractivity contribution >= 4 is 17.2 Å². The summed E-state index contributed by atoms with van der Waals surface area (Å²) in [5.41, 5.74) is 2.69. The smallest absolute Gasteiger partial charge is 0.349 e. The number of aromatic amines is 1. The van der Waals surface area contributed by atoms with E-state index in [9.17, 15) is 4.79 Å². The summed E-state index contributed by atoms with van der Waals surface area (Å²) in [6.07, 6.45) is -0.435. The number of rotatable bonds is 3. The van der Waals surface area contributed by atoms with Crippen LogP contribution in [0.25, 0.3) is 0 Å². The number of benzene rings is 2. The number of fused-ring (bicyclic) bond motifs is 1. The maximum absolute atomic E-state index is 11.8. The van der Waals surface area contributed by atoms with Gasteiger partial charge in [0, 0.05) is 12.6 Å². The molecule has 1 aliphatic rings. The number of aromatic nitrogens is 2. The maximum atomic E-state index is 11.8. The van der Waals surface area contributed by atoms with Crippen molar-refractivity contribution in [1.82, 2.24) is 9.97 Å². The lowest BCUT2D eigenvalue weighted by atomic mass is 9.98. The molecule has 1 unspecified atom stereocenters. The van der Waals surface area contributed by atoms with Gasteiger partial charge < -0.3 is 10.1 Å². The zero-order chi connectivity index (χ0) is 17.2. The maximum Gasteiger partial charge on any atom is 0.349 e. The number of hydrogen-bond acceptors (Lipinski definition) is 5. The summed E-state index contributed by atoms with van der Waals surface area (Å²) in [6.45, 7) is 0. The van der Waals surface area contributed by atoms with Gasteiger partial charge in [-0.15, -0.1) is 0 Å². The Morgan fingerprint density at radius 3 is 2.40 bits per heavy atom. The summed E-state index contributed by atoms with van der Waals surface area (Å²) in [5, 5.41) is 2.94. The number of nitrogens with zero attached hydrogens (tertiary/aromatic N) is 2. The van der Waals surface area contributed by atoms with Crippen molar-refractivity contribution in [2.45, 2.75) is 6.10 Å². The van der Waals surface area contributed by atoms with Crippen LogP contribution in [-0.2, 0) is 0 Å². The average Bonchev–Trinajstić information content (AvgIpc) is 2.67. The van der Waals surface area contributed by atoms with Crippen LogP contribution in [-0.4, -0.2) is 22.7 Å². The van der Waals surface area contributed by atoms with Crippen LogP contribution in [0.1, 0.15) is 17.2 Å². The molecule has 2 aromatic carbocycles. The highest BCUT2D eigenvalue weighted by molar-refractivity contribution is 6.07. The molecule has 4 rings (SSSR count). The Balaban J connectivity index is 1.93. The number of aliphatic imine (C=N–C) groups is 1. The van der Waals surface area contributed by atoms with Gasteiger partial charge in [-0.2, -0.15) is 4.98 Å². The van der Waals surface area contributed by atoms with Gasteiger partial charge in [-0.3, -0.25) is 4.98 Å². The monoisotopic (exact) mass is 332 g/mol. The molecular weight excluding hydrogens is 316 g/mol. The Morgan fingerprint density at radius 1 is 1.04 bits per heavy atom. The fourth-order valence-corrected chi connectivity index (χ4v) is 2.84. The van der Waals surface area contributed by atoms with Gasteiger partial charge in [0.15, 0.2) is 11.8 Å². The number of nitrogens with one attached hydrogen (secondary N) is 2. The highest BCUT2D eigenvalue weighted by Gasteiger charge is 2.30. The first-order chi connectivity index (χ1) is 12.3. The van der Waals surface area contributed by atoms with Gasteiger partial charge in [-0.1, -0.05) is 60.7 Å². The van der Waals surface area contributed by atoms with E-state index in [-0.39, 0.29) is 5.88 Å². The zero-order valence-electron chi connectivity index (χ0n) is 13.6. The quantitative estimate of drug-likeness (QED) is 0.772. The molecule has 0 amide bonds. The van der Waals surface area contributed by atoms with Crippen molar-refractivity contribution in [2.24, 2.45) is 4.99 Å². The van der Waals surface area contributed by atoms with Gasteiger partial charge in [0.25, 0.3) is 0 Å². The Hall–Kier alpha value is -3.41. The number of H-pyrrole nitrogens is 1. The average molecular weight is 332 g/mol. The van der Waals surface area contributed by atoms with E-state index >= 15 is 0 Å². The van der Waals surface area contributed by atoms with Crippen molar-refractivity contribution in [3.05, 3.63) is 82.3 Å². The van der Waals surface area contributed by atoms with Crippen LogP contribution in [0.5, 0.6) is 5.88 Å². The summed E-state index contributed by atoms with van der Waals surface area (Å²) in [5.74, 6) is 0.705. The van der Waals surface area contributed by atoms with E-state index in [2.05, 4.69) is 15.3 Å². The zero-order valence-corrected chi connectivity index (χ0v) is 13.6. The highest BCUT2D eigenvalue weighted by Crippen LogP contribution is 2.40. The largest absolute Gasteiger partial charge is 0.461 e. The molecule has 1 aromatic heterocycles. The van der Waals surface area contributed by atoms with Crippen molar-refractivity contribution in [3.8, 4) is 5.88 Å². The third kappa shape index (κ3) is 2.78. The molecule has 6 nitrogen and oxygen atoms in total. The SMILES string of the molecule is CNc1[nH]c(=O)nc2c1N=C(c1ccccc1)C(c1ccccc1)O2. The molecule has 0 saturated carbocycles. The Labute approximate surface area is 144 Å². The lowest BCUT2D eigenvalue weighted by Gasteiger charge is -2.26. The summed E-state index contributed by atoms with van der Waals surface area (Å²) in [6, 6.07) is 19.6. The molecule has 2 heterocycles. The van der Waals surface area contributed by atoms with Gasteiger partial charge in [0.2, 0.25) is 5.88 Å². The topological polar surface area (TPSA) is 79.4 Å². The molecule has 1 aliphatic heterocycles. The van der Waals surface area contributed by atoms with E-state index in [1.165, 1.54) is 0 Å². The van der Waals surface area contributed by atoms with E-state index in [4.69, 9.17) is 9.73 Å². The van der Waals surface area contributed by atoms with Gasteiger partial charge in [0.05, 0.1) is 5.71 Å². The van der Waals surface area contributed by atoms with Crippen LogP contribution in [0.3, 0.4) is 0 Å². The Bertz CT molecular complexity index is 981. The van der Waals surface area contributed by atoms with Gasteiger partial charge in [-0.25, -0.2) is 9.79 Å². The van der Waals surface area contributed by atoms with Crippen molar-refractivity contribution in [3.63, 3.8) is 0 Å². The van der Waals surface area contributed by atoms with E-state index in [0.717, 1.165) is 16.8 Å². The molecule has 3 aromatic rings. The molecule has 25 heavy (non-hydrogen) atoms. The number of ether oxygens (including phenoxy) is 1. The molecule has 0 bridgehead atoms. The molecule has 0 spiro atoms. The molecule has 0 aliphatic carbocycles. The van der Waals surface area contributed by atoms with Crippen LogP contribution in [0.2, 0.25) is 0 Å². The molecule has 0 fully saturated rings. The lowest BCUT2D eigenvalue weighted by molar-refractivity contribution is 0.258. The lowest BCUT2D eigenvalue weighted by Crippen LogP contribution is -2.26. The number of anilines is 1. The van der Waals surface area contributed by atoms with Crippen molar-refractivity contribution < 1.29 is 4.74 Å². The van der Waals surface area contributed by atoms with Crippen LogP contribution in [0, 0.1) is 0 Å². The van der Waals surface area contributed by atoms with Gasteiger partial charge >= 0.3 is 5.69 Å². The predicted octanol–water partition coefficient (Wildman–Crippen LogP) is 3.07. The minimum absolute atomic E-state index is 0.224. The first kappa shape index (κ1) is 15.1. The first-order valence-electron chi connectivity index (χ1n) is 7.94. The number of hydrogen-bond donors (Lipinski definition) is 2. The minimum Gasteiger partial charge on any atom is -0.461 e. The Kier molecular flexibility index (Phi) is 3.78. The second-order valence-electron chi connectivity index (χ2n) is 5.59. The van der Waals surface area contributed by atoms with E-state index in [0.29, 0.717) is 11.5 Å². The molecule has 124 valence electrons. The molecule has 0 saturated heterocycles. The fourth-order valence-electron chi connectivity index (χ4n) is 2.84. The van der Waals surface area contributed by atoms with Crippen LogP contribution < -0.4 is 15.7 Å². The molecular formula is C19H16N4O2. The molecule has 6 heteroatoms. The summed E-state index contributed by atoms with van der Waals surface area (Å²) >= 11 is 0. The second kappa shape index (κ2) is 6.24. The molecule has 1 atom stereocenters. The first-order valence-corrected chi connectivity index (χ1v) is 7.94. The predicted molar refractivity (Wildman–Crippen MR) is 96.9 cm³/mol. The van der Waals surface area contributed by atoms with Crippen molar-refractivity contribution in [2.75, 3.05) is 12.4 Å². The summed E-state index contributed by atoms with van der Waals surface area (Å²) in [4.78, 5) is 23.2. The van der Waals surface area contributed by atoms with Crippen LogP contribution in [0.4, 0.5) is 11.5 Å². The third-order valence-corrected chi connectivity index (χ3v) is 4.01. The Morgan fingerprint density at radius 2 is 1.72 bits per heavy atom. The second-order valence-corrected chi connectivity index (χ2v) is 5.59. The van der Waals surface area contributed by atoms with Crippen LogP contribution in [0.15, 0.2) is 70.5 Å². The molecule has 0 radical (unpaired) electrons. The van der Waals surface area contributed by atoms with E-state index in [1.54, 1.807) is 7.05 Å². The van der Waals surface area contributed by atoms with E-state index < -0.39 is 11.8 Å². The van der Waals surface area contributed by atoms with Crippen LogP contribution >= 0.6 is 0 Å². The minimum atomic E-state index is -0.478. The van der Waals surface area contributed by atoms with Gasteiger partial charge in [-0.05, 0) is 5.56 Å². The highest BCUT2D eigenvalue weighted by atomic mass is 16.5. The normalized spacial score (nSPS) is 15.7.